The molecule has 0 unspecified atom stereocenters. The molecule has 0 atom stereocenters. The van der Waals surface area contributed by atoms with Crippen molar-refractivity contribution in [1.29, 1.82) is 0 Å². The van der Waals surface area contributed by atoms with E-state index in [1.807, 2.05) is 0 Å². The minimum atomic E-state index is -0.469. The molecule has 1 aromatic rings. The molecule has 3 N–H and O–H groups in total. The zero-order valence-corrected chi connectivity index (χ0v) is 10.8. The van der Waals surface area contributed by atoms with Gasteiger partial charge >= 0.3 is 0 Å². The summed E-state index contributed by atoms with van der Waals surface area (Å²) >= 11 is 0. The quantitative estimate of drug-likeness (QED) is 0.585. The van der Waals surface area contributed by atoms with Crippen molar-refractivity contribution in [3.05, 3.63) is 17.7 Å². The van der Waals surface area contributed by atoms with Gasteiger partial charge in [0, 0.05) is 12.1 Å². The van der Waals surface area contributed by atoms with Crippen LogP contribution >= 0.6 is 0 Å². The van der Waals surface area contributed by atoms with Crippen LogP contribution in [0.3, 0.4) is 0 Å². The second-order valence-corrected chi connectivity index (χ2v) is 4.13. The lowest BCUT2D eigenvalue weighted by Crippen LogP contribution is -2.60. The molecule has 1 heterocycles. The molecule has 0 bridgehead atoms. The minimum Gasteiger partial charge on any atom is -0.496 e. The van der Waals surface area contributed by atoms with E-state index in [9.17, 15) is 0 Å². The van der Waals surface area contributed by atoms with Gasteiger partial charge in [0.05, 0.1) is 40.1 Å². The molecule has 0 amide bonds. The van der Waals surface area contributed by atoms with Crippen LogP contribution in [0.4, 0.5) is 0 Å². The molecular weight excluding hydrogens is 236 g/mol. The third kappa shape index (κ3) is 1.88. The van der Waals surface area contributed by atoms with E-state index in [0.717, 1.165) is 5.56 Å². The summed E-state index contributed by atoms with van der Waals surface area (Å²) < 4.78 is 21.3. The summed E-state index contributed by atoms with van der Waals surface area (Å²) in [5, 5.41) is 0. The second-order valence-electron chi connectivity index (χ2n) is 4.13. The van der Waals surface area contributed by atoms with Gasteiger partial charge in [-0.3, -0.25) is 5.84 Å². The summed E-state index contributed by atoms with van der Waals surface area (Å²) in [6, 6.07) is 3.60. The Labute approximate surface area is 106 Å². The van der Waals surface area contributed by atoms with Crippen LogP contribution in [0.2, 0.25) is 0 Å². The maximum absolute atomic E-state index is 5.65. The maximum Gasteiger partial charge on any atom is 0.131 e. The zero-order valence-electron chi connectivity index (χ0n) is 10.8. The molecule has 1 aromatic carbocycles. The molecule has 1 aliphatic heterocycles. The molecular formula is C12H18N2O4. The molecule has 0 aliphatic carbocycles. The van der Waals surface area contributed by atoms with Crippen molar-refractivity contribution in [2.45, 2.75) is 5.54 Å². The Bertz CT molecular complexity index is 402. The summed E-state index contributed by atoms with van der Waals surface area (Å²) in [6.45, 7) is 0.950. The Morgan fingerprint density at radius 1 is 1.11 bits per heavy atom. The van der Waals surface area contributed by atoms with E-state index in [4.69, 9.17) is 24.8 Å². The molecule has 0 radical (unpaired) electrons. The topological polar surface area (TPSA) is 75.0 Å². The molecule has 0 aromatic heterocycles. The van der Waals surface area contributed by atoms with Crippen molar-refractivity contribution in [2.24, 2.45) is 5.84 Å². The van der Waals surface area contributed by atoms with Gasteiger partial charge in [-0.15, -0.1) is 0 Å². The molecule has 6 heteroatoms. The van der Waals surface area contributed by atoms with Crippen LogP contribution in [0.5, 0.6) is 17.2 Å². The first-order valence-corrected chi connectivity index (χ1v) is 5.56. The fourth-order valence-electron chi connectivity index (χ4n) is 2.08. The Balaban J connectivity index is 2.56. The average molecular weight is 254 g/mol. The monoisotopic (exact) mass is 254 g/mol. The van der Waals surface area contributed by atoms with Crippen LogP contribution in [0.15, 0.2) is 12.1 Å². The molecule has 0 spiro atoms. The smallest absolute Gasteiger partial charge is 0.131 e. The predicted molar refractivity (Wildman–Crippen MR) is 65.9 cm³/mol. The zero-order chi connectivity index (χ0) is 13.2. The molecule has 1 fully saturated rings. The van der Waals surface area contributed by atoms with E-state index >= 15 is 0 Å². The first-order chi connectivity index (χ1) is 8.70. The van der Waals surface area contributed by atoms with Crippen molar-refractivity contribution in [3.63, 3.8) is 0 Å². The van der Waals surface area contributed by atoms with E-state index in [1.54, 1.807) is 33.5 Å². The highest BCUT2D eigenvalue weighted by molar-refractivity contribution is 5.55. The van der Waals surface area contributed by atoms with E-state index in [2.05, 4.69) is 5.43 Å². The number of ether oxygens (including phenoxy) is 4. The number of nitrogens with two attached hydrogens (primary N) is 1. The average Bonchev–Trinajstić information content (AvgIpc) is 2.37. The Kier molecular flexibility index (Phi) is 3.60. The highest BCUT2D eigenvalue weighted by atomic mass is 16.5. The third-order valence-electron chi connectivity index (χ3n) is 3.17. The van der Waals surface area contributed by atoms with E-state index < -0.39 is 5.54 Å². The van der Waals surface area contributed by atoms with Crippen molar-refractivity contribution >= 4 is 0 Å². The summed E-state index contributed by atoms with van der Waals surface area (Å²) in [5.74, 6) is 7.63. The van der Waals surface area contributed by atoms with Crippen molar-refractivity contribution in [3.8, 4) is 17.2 Å². The number of benzene rings is 1. The maximum atomic E-state index is 5.65. The van der Waals surface area contributed by atoms with Crippen LogP contribution in [-0.4, -0.2) is 34.5 Å². The van der Waals surface area contributed by atoms with Gasteiger partial charge in [0.15, 0.2) is 0 Å². The van der Waals surface area contributed by atoms with Crippen LogP contribution in [0.1, 0.15) is 5.56 Å². The highest BCUT2D eigenvalue weighted by Crippen LogP contribution is 2.43. The fraction of sp³-hybridized carbons (Fsp3) is 0.500. The van der Waals surface area contributed by atoms with Crippen molar-refractivity contribution in [1.82, 2.24) is 5.43 Å². The molecule has 6 nitrogen and oxygen atoms in total. The van der Waals surface area contributed by atoms with Crippen LogP contribution in [0, 0.1) is 0 Å². The number of nitrogens with one attached hydrogen (secondary N) is 1. The first kappa shape index (κ1) is 12.9. The Morgan fingerprint density at radius 3 is 1.94 bits per heavy atom. The lowest BCUT2D eigenvalue weighted by molar-refractivity contribution is -0.0804. The normalized spacial score (nSPS) is 16.9. The standard InChI is InChI=1S/C12H18N2O4/c1-15-8-4-9(16-2)11(10(5-8)17-3)12(14-13)6-18-7-12/h4-5,14H,6-7,13H2,1-3H3. The van der Waals surface area contributed by atoms with Gasteiger partial charge in [-0.2, -0.15) is 0 Å². The number of hydrogen-bond acceptors (Lipinski definition) is 6. The van der Waals surface area contributed by atoms with Crippen LogP contribution in [-0.2, 0) is 10.3 Å². The summed E-state index contributed by atoms with van der Waals surface area (Å²) in [4.78, 5) is 0. The van der Waals surface area contributed by atoms with E-state index in [1.165, 1.54) is 0 Å². The number of hydrogen-bond donors (Lipinski definition) is 2. The van der Waals surface area contributed by atoms with Gasteiger partial charge in [-0.1, -0.05) is 0 Å². The predicted octanol–water partition coefficient (Wildman–Crippen LogP) is 0.401. The molecule has 2 rings (SSSR count). The number of hydrazine groups is 1. The van der Waals surface area contributed by atoms with Crippen molar-refractivity contribution in [2.75, 3.05) is 34.5 Å². The molecule has 18 heavy (non-hydrogen) atoms. The fourth-order valence-corrected chi connectivity index (χ4v) is 2.08. The minimum absolute atomic E-state index is 0.469. The highest BCUT2D eigenvalue weighted by Gasteiger charge is 2.44. The van der Waals surface area contributed by atoms with Gasteiger partial charge in [-0.05, 0) is 0 Å². The largest absolute Gasteiger partial charge is 0.496 e. The Hall–Kier alpha value is -1.50. The van der Waals surface area contributed by atoms with Gasteiger partial charge in [-0.25, -0.2) is 5.43 Å². The second kappa shape index (κ2) is 5.01. The SMILES string of the molecule is COc1cc(OC)c(C2(NN)COC2)c(OC)c1. The first-order valence-electron chi connectivity index (χ1n) is 5.56. The molecule has 1 aliphatic rings. The van der Waals surface area contributed by atoms with Gasteiger partial charge in [0.2, 0.25) is 0 Å². The summed E-state index contributed by atoms with van der Waals surface area (Å²) in [7, 11) is 4.79. The van der Waals surface area contributed by atoms with Gasteiger partial charge in [0.1, 0.15) is 22.8 Å². The lowest BCUT2D eigenvalue weighted by Gasteiger charge is -2.42. The summed E-state index contributed by atoms with van der Waals surface area (Å²) in [5.41, 5.74) is 3.17. The van der Waals surface area contributed by atoms with E-state index in [-0.39, 0.29) is 0 Å². The molecule has 1 saturated heterocycles. The molecule has 100 valence electrons. The van der Waals surface area contributed by atoms with Crippen LogP contribution in [0.25, 0.3) is 0 Å². The van der Waals surface area contributed by atoms with Gasteiger partial charge < -0.3 is 18.9 Å². The number of methoxy groups -OCH3 is 3. The van der Waals surface area contributed by atoms with Gasteiger partial charge in [0.25, 0.3) is 0 Å². The molecule has 0 saturated carbocycles. The Morgan fingerprint density at radius 2 is 1.67 bits per heavy atom. The lowest BCUT2D eigenvalue weighted by atomic mass is 9.87. The third-order valence-corrected chi connectivity index (χ3v) is 3.17. The van der Waals surface area contributed by atoms with E-state index in [0.29, 0.717) is 30.5 Å². The summed E-state index contributed by atoms with van der Waals surface area (Å²) in [6.07, 6.45) is 0. The van der Waals surface area contributed by atoms with Crippen LogP contribution < -0.4 is 25.5 Å². The van der Waals surface area contributed by atoms with Crippen molar-refractivity contribution < 1.29 is 18.9 Å². The number of rotatable bonds is 5.